The van der Waals surface area contributed by atoms with Crippen molar-refractivity contribution in [2.45, 2.75) is 24.7 Å². The number of amides is 2. The normalized spacial score (nSPS) is 10.7. The maximum absolute atomic E-state index is 12.4. The summed E-state index contributed by atoms with van der Waals surface area (Å²) in [5, 5.41) is 2.72. The molecule has 2 aromatic carbocycles. The van der Waals surface area contributed by atoms with Gasteiger partial charge in [0.05, 0.1) is 19.4 Å². The van der Waals surface area contributed by atoms with Gasteiger partial charge in [0.2, 0.25) is 5.91 Å². The first-order valence-corrected chi connectivity index (χ1v) is 10.5. The van der Waals surface area contributed by atoms with Crippen LogP contribution in [0.25, 0.3) is 6.08 Å². The molecule has 0 aliphatic carbocycles. The number of hydrogen-bond acceptors (Lipinski definition) is 5. The first-order chi connectivity index (χ1) is 14.4. The number of carbonyl (C=O) groups excluding carboxylic acids is 2. The third-order valence-corrected chi connectivity index (χ3v) is 5.19. The molecule has 0 fully saturated rings. The monoisotopic (exact) mass is 428 g/mol. The molecular formula is C23H28N2O4S. The summed E-state index contributed by atoms with van der Waals surface area (Å²) in [6.45, 7) is 2.74. The van der Waals surface area contributed by atoms with Crippen LogP contribution in [0, 0.1) is 0 Å². The van der Waals surface area contributed by atoms with Crippen molar-refractivity contribution < 1.29 is 19.1 Å². The molecule has 1 N–H and O–H groups in total. The minimum absolute atomic E-state index is 0.111. The van der Waals surface area contributed by atoms with E-state index >= 15 is 0 Å². The number of unbranched alkanes of at least 4 members (excludes halogenated alkanes) is 1. The van der Waals surface area contributed by atoms with E-state index in [-0.39, 0.29) is 11.1 Å². The zero-order valence-electron chi connectivity index (χ0n) is 17.8. The number of hydrogen-bond donors (Lipinski definition) is 1. The van der Waals surface area contributed by atoms with Gasteiger partial charge in [-0.1, -0.05) is 31.5 Å². The topological polar surface area (TPSA) is 67.9 Å². The van der Waals surface area contributed by atoms with Crippen LogP contribution >= 0.6 is 11.8 Å². The predicted octanol–water partition coefficient (Wildman–Crippen LogP) is 5.30. The number of nitrogens with zero attached hydrogens (tertiary/aromatic N) is 1. The van der Waals surface area contributed by atoms with Gasteiger partial charge >= 0.3 is 0 Å². The molecule has 0 saturated carbocycles. The molecule has 0 spiro atoms. The van der Waals surface area contributed by atoms with E-state index < -0.39 is 0 Å². The molecule has 2 rings (SSSR count). The van der Waals surface area contributed by atoms with Gasteiger partial charge in [-0.05, 0) is 54.1 Å². The highest BCUT2D eigenvalue weighted by atomic mass is 32.2. The summed E-state index contributed by atoms with van der Waals surface area (Å²) in [4.78, 5) is 26.5. The van der Waals surface area contributed by atoms with Gasteiger partial charge < -0.3 is 19.7 Å². The molecular weight excluding hydrogens is 400 g/mol. The van der Waals surface area contributed by atoms with Gasteiger partial charge in [0, 0.05) is 25.1 Å². The molecule has 0 aromatic heterocycles. The quantitative estimate of drug-likeness (QED) is 0.333. The van der Waals surface area contributed by atoms with Crippen LogP contribution in [0.1, 0.15) is 25.3 Å². The summed E-state index contributed by atoms with van der Waals surface area (Å²) in [7, 11) is 4.97. The molecule has 0 aliphatic heterocycles. The van der Waals surface area contributed by atoms with Gasteiger partial charge in [0.15, 0.2) is 11.5 Å². The van der Waals surface area contributed by atoms with Crippen LogP contribution < -0.4 is 14.8 Å². The average molecular weight is 429 g/mol. The lowest BCUT2D eigenvalue weighted by Crippen LogP contribution is -2.16. The highest BCUT2D eigenvalue weighted by Crippen LogP contribution is 2.30. The molecule has 160 valence electrons. The summed E-state index contributed by atoms with van der Waals surface area (Å²) in [5.41, 5.74) is 1.40. The Balaban J connectivity index is 2.05. The number of nitrogens with one attached hydrogen (secondary N) is 1. The first-order valence-electron chi connectivity index (χ1n) is 9.72. The van der Waals surface area contributed by atoms with Crippen LogP contribution in [0.4, 0.5) is 10.5 Å². The summed E-state index contributed by atoms with van der Waals surface area (Å²) in [6.07, 6.45) is 5.18. The molecule has 30 heavy (non-hydrogen) atoms. The molecule has 0 heterocycles. The molecule has 0 aliphatic rings. The highest BCUT2D eigenvalue weighted by molar-refractivity contribution is 8.13. The Morgan fingerprint density at radius 3 is 2.60 bits per heavy atom. The Hall–Kier alpha value is -2.93. The van der Waals surface area contributed by atoms with Crippen molar-refractivity contribution in [2.24, 2.45) is 0 Å². The zero-order valence-corrected chi connectivity index (χ0v) is 18.6. The minimum atomic E-state index is -0.289. The fourth-order valence-corrected chi connectivity index (χ4v) is 3.17. The predicted molar refractivity (Wildman–Crippen MR) is 122 cm³/mol. The largest absolute Gasteiger partial charge is 0.493 e. The van der Waals surface area contributed by atoms with Crippen molar-refractivity contribution in [1.29, 1.82) is 0 Å². The van der Waals surface area contributed by atoms with Crippen LogP contribution in [0.3, 0.4) is 0 Å². The van der Waals surface area contributed by atoms with Crippen molar-refractivity contribution in [3.63, 3.8) is 0 Å². The van der Waals surface area contributed by atoms with E-state index in [4.69, 9.17) is 9.47 Å². The number of thioether (sulfide) groups is 1. The molecule has 0 radical (unpaired) electrons. The van der Waals surface area contributed by atoms with Gasteiger partial charge in [0.1, 0.15) is 0 Å². The van der Waals surface area contributed by atoms with Gasteiger partial charge in [0.25, 0.3) is 5.24 Å². The van der Waals surface area contributed by atoms with Crippen LogP contribution in [0.15, 0.2) is 53.4 Å². The van der Waals surface area contributed by atoms with Crippen LogP contribution in [0.5, 0.6) is 11.5 Å². The summed E-state index contributed by atoms with van der Waals surface area (Å²) in [6, 6.07) is 12.7. The van der Waals surface area contributed by atoms with Crippen LogP contribution in [-0.2, 0) is 4.79 Å². The second kappa shape index (κ2) is 11.9. The van der Waals surface area contributed by atoms with Crippen molar-refractivity contribution in [3.8, 4) is 11.5 Å². The van der Waals surface area contributed by atoms with E-state index in [0.717, 1.165) is 30.2 Å². The Morgan fingerprint density at radius 1 is 1.13 bits per heavy atom. The summed E-state index contributed by atoms with van der Waals surface area (Å²) < 4.78 is 11.1. The Kier molecular flexibility index (Phi) is 9.28. The molecule has 0 saturated heterocycles. The zero-order chi connectivity index (χ0) is 21.9. The van der Waals surface area contributed by atoms with E-state index in [0.29, 0.717) is 28.7 Å². The second-order valence-corrected chi connectivity index (χ2v) is 7.69. The maximum atomic E-state index is 12.4. The lowest BCUT2D eigenvalue weighted by Gasteiger charge is -2.12. The average Bonchev–Trinajstić information content (AvgIpc) is 2.74. The fraction of sp³-hybridized carbons (Fsp3) is 0.304. The van der Waals surface area contributed by atoms with E-state index in [1.165, 1.54) is 11.0 Å². The number of carbonyl (C=O) groups is 2. The lowest BCUT2D eigenvalue weighted by atomic mass is 10.2. The number of rotatable bonds is 9. The maximum Gasteiger partial charge on any atom is 0.286 e. The van der Waals surface area contributed by atoms with E-state index in [1.807, 2.05) is 30.3 Å². The van der Waals surface area contributed by atoms with E-state index in [1.54, 1.807) is 39.4 Å². The van der Waals surface area contributed by atoms with Gasteiger partial charge in [-0.25, -0.2) is 0 Å². The van der Waals surface area contributed by atoms with Crippen LogP contribution in [-0.4, -0.2) is 43.9 Å². The second-order valence-electron chi connectivity index (χ2n) is 6.69. The highest BCUT2D eigenvalue weighted by Gasteiger charge is 2.11. The Labute approximate surface area is 182 Å². The number of ether oxygens (including phenoxy) is 2. The van der Waals surface area contributed by atoms with Crippen LogP contribution in [0.2, 0.25) is 0 Å². The van der Waals surface area contributed by atoms with E-state index in [9.17, 15) is 9.59 Å². The third kappa shape index (κ3) is 7.15. The van der Waals surface area contributed by atoms with Crippen molar-refractivity contribution in [3.05, 3.63) is 54.1 Å². The smallest absolute Gasteiger partial charge is 0.286 e. The van der Waals surface area contributed by atoms with Crippen molar-refractivity contribution >= 4 is 34.7 Å². The molecule has 0 bridgehead atoms. The van der Waals surface area contributed by atoms with Gasteiger partial charge in [-0.15, -0.1) is 0 Å². The standard InChI is InChI=1S/C23H28N2O4S/c1-5-6-15-29-19-13-11-17(16-20(19)28-4)12-14-22(26)24-18-9-7-8-10-21(18)30-23(27)25(2)3/h7-14,16H,5-6,15H2,1-4H3,(H,24,26)/b14-12+. The lowest BCUT2D eigenvalue weighted by molar-refractivity contribution is -0.111. The molecule has 7 heteroatoms. The Bertz CT molecular complexity index is 897. The van der Waals surface area contributed by atoms with Gasteiger partial charge in [-0.2, -0.15) is 0 Å². The number of anilines is 1. The summed E-state index contributed by atoms with van der Waals surface area (Å²) in [5.74, 6) is 1.02. The minimum Gasteiger partial charge on any atom is -0.493 e. The molecule has 0 unspecified atom stereocenters. The SMILES string of the molecule is CCCCOc1ccc(/C=C/C(=O)Nc2ccccc2SC(=O)N(C)C)cc1OC. The molecule has 2 amide bonds. The van der Waals surface area contributed by atoms with Crippen molar-refractivity contribution in [1.82, 2.24) is 4.90 Å². The number of para-hydroxylation sites is 1. The number of methoxy groups -OCH3 is 1. The van der Waals surface area contributed by atoms with Gasteiger partial charge in [-0.3, -0.25) is 9.59 Å². The molecule has 2 aromatic rings. The molecule has 6 nitrogen and oxygen atoms in total. The first kappa shape index (κ1) is 23.3. The number of benzene rings is 2. The summed E-state index contributed by atoms with van der Waals surface area (Å²) >= 11 is 1.07. The third-order valence-electron chi connectivity index (χ3n) is 4.08. The molecule has 0 atom stereocenters. The van der Waals surface area contributed by atoms with Crippen molar-refractivity contribution in [2.75, 3.05) is 33.1 Å². The van der Waals surface area contributed by atoms with E-state index in [2.05, 4.69) is 12.2 Å². The Morgan fingerprint density at radius 2 is 1.90 bits per heavy atom. The fourth-order valence-electron chi connectivity index (χ4n) is 2.42.